The van der Waals surface area contributed by atoms with Gasteiger partial charge in [0.15, 0.2) is 6.61 Å². The van der Waals surface area contributed by atoms with Crippen LogP contribution in [0.15, 0.2) is 24.3 Å². The first kappa shape index (κ1) is 20.3. The number of rotatable bonds is 5. The molecule has 1 heterocycles. The van der Waals surface area contributed by atoms with Gasteiger partial charge in [-0.2, -0.15) is 13.2 Å². The maximum atomic E-state index is 13.0. The molecule has 0 unspecified atom stereocenters. The number of carbonyl (C=O) groups excluding carboxylic acids is 2. The Morgan fingerprint density at radius 1 is 1.22 bits per heavy atom. The van der Waals surface area contributed by atoms with Gasteiger partial charge in [-0.25, -0.2) is 9.59 Å². The van der Waals surface area contributed by atoms with E-state index >= 15 is 0 Å². The van der Waals surface area contributed by atoms with Crippen LogP contribution in [0, 0.1) is 11.8 Å². The fourth-order valence-electron chi connectivity index (χ4n) is 2.59. The van der Waals surface area contributed by atoms with Crippen LogP contribution < -0.4 is 10.1 Å². The van der Waals surface area contributed by atoms with Crippen LogP contribution in [0.1, 0.15) is 0 Å². The number of esters is 1. The normalized spacial score (nSPS) is 19.5. The van der Waals surface area contributed by atoms with E-state index in [0.29, 0.717) is 5.75 Å². The minimum Gasteiger partial charge on any atom is -0.482 e. The van der Waals surface area contributed by atoms with Gasteiger partial charge in [-0.15, -0.1) is 0 Å². The molecule has 2 N–H and O–H groups in total. The molecule has 1 aliphatic rings. The van der Waals surface area contributed by atoms with Gasteiger partial charge in [0, 0.05) is 18.8 Å². The fraction of sp³-hybridized carbons (Fsp3) is 0.438. The van der Waals surface area contributed by atoms with E-state index in [9.17, 15) is 27.6 Å². The van der Waals surface area contributed by atoms with Crippen molar-refractivity contribution in [3.63, 3.8) is 0 Å². The lowest BCUT2D eigenvalue weighted by atomic mass is 9.96. The van der Waals surface area contributed by atoms with Crippen molar-refractivity contribution in [1.29, 1.82) is 0 Å². The zero-order chi connectivity index (χ0) is 20.2. The number of methoxy groups -OCH3 is 1. The highest BCUT2D eigenvalue weighted by molar-refractivity contribution is 5.90. The maximum Gasteiger partial charge on any atom is 0.394 e. The van der Waals surface area contributed by atoms with Crippen LogP contribution in [0.25, 0.3) is 0 Å². The Morgan fingerprint density at radius 2 is 1.85 bits per heavy atom. The standard InChI is InChI=1S/C16H17F3N2O6/c1-26-13(22)8-27-10-4-2-9(3-5-10)20-15(25)21-6-11(14(23)24)12(7-21)16(17,18)19/h2-5,11-12H,6-8H2,1H3,(H,20,25)(H,23,24)/t11-,12-/m1/s1. The number of halogens is 3. The van der Waals surface area contributed by atoms with Gasteiger partial charge >= 0.3 is 24.1 Å². The van der Waals surface area contributed by atoms with Crippen LogP contribution in [-0.4, -0.2) is 61.0 Å². The first-order valence-electron chi connectivity index (χ1n) is 7.77. The Bertz CT molecular complexity index is 707. The molecule has 1 aromatic rings. The topological polar surface area (TPSA) is 105 Å². The van der Waals surface area contributed by atoms with Gasteiger partial charge in [0.2, 0.25) is 0 Å². The number of ether oxygens (including phenoxy) is 2. The lowest BCUT2D eigenvalue weighted by molar-refractivity contribution is -0.187. The number of anilines is 1. The molecule has 11 heteroatoms. The number of alkyl halides is 3. The van der Waals surface area contributed by atoms with E-state index in [1.807, 2.05) is 0 Å². The smallest absolute Gasteiger partial charge is 0.394 e. The van der Waals surface area contributed by atoms with Gasteiger partial charge < -0.3 is 24.8 Å². The van der Waals surface area contributed by atoms with Crippen molar-refractivity contribution in [2.75, 3.05) is 32.1 Å². The van der Waals surface area contributed by atoms with E-state index in [1.54, 1.807) is 0 Å². The van der Waals surface area contributed by atoms with Crippen molar-refractivity contribution in [2.45, 2.75) is 6.18 Å². The summed E-state index contributed by atoms with van der Waals surface area (Å²) in [6.45, 7) is -1.57. The van der Waals surface area contributed by atoms with Gasteiger partial charge in [0.1, 0.15) is 5.75 Å². The van der Waals surface area contributed by atoms with Crippen molar-refractivity contribution in [3.05, 3.63) is 24.3 Å². The lowest BCUT2D eigenvalue weighted by Crippen LogP contribution is -2.35. The Morgan fingerprint density at radius 3 is 2.33 bits per heavy atom. The van der Waals surface area contributed by atoms with Crippen molar-refractivity contribution >= 4 is 23.7 Å². The van der Waals surface area contributed by atoms with Crippen LogP contribution in [0.3, 0.4) is 0 Å². The first-order valence-corrected chi connectivity index (χ1v) is 7.77. The average Bonchev–Trinajstić information content (AvgIpc) is 3.07. The predicted molar refractivity (Wildman–Crippen MR) is 85.2 cm³/mol. The molecular formula is C16H17F3N2O6. The second kappa shape index (κ2) is 8.14. The third kappa shape index (κ3) is 5.25. The zero-order valence-electron chi connectivity index (χ0n) is 14.2. The van der Waals surface area contributed by atoms with Crippen molar-refractivity contribution in [2.24, 2.45) is 11.8 Å². The van der Waals surface area contributed by atoms with Crippen LogP contribution in [0.2, 0.25) is 0 Å². The molecule has 0 radical (unpaired) electrons. The highest BCUT2D eigenvalue weighted by Gasteiger charge is 2.53. The molecule has 1 saturated heterocycles. The minimum atomic E-state index is -4.71. The molecule has 1 aromatic carbocycles. The minimum absolute atomic E-state index is 0.271. The summed E-state index contributed by atoms with van der Waals surface area (Å²) in [5, 5.41) is 11.4. The first-order chi connectivity index (χ1) is 12.6. The second-order valence-corrected chi connectivity index (χ2v) is 5.82. The van der Waals surface area contributed by atoms with Crippen LogP contribution in [0.5, 0.6) is 5.75 Å². The Kier molecular flexibility index (Phi) is 6.13. The van der Waals surface area contributed by atoms with Crippen LogP contribution in [0.4, 0.5) is 23.7 Å². The number of hydrogen-bond donors (Lipinski definition) is 2. The molecule has 0 aromatic heterocycles. The summed E-state index contributed by atoms with van der Waals surface area (Å²) in [6.07, 6.45) is -4.71. The highest BCUT2D eigenvalue weighted by atomic mass is 19.4. The summed E-state index contributed by atoms with van der Waals surface area (Å²) in [6, 6.07) is 4.91. The molecule has 0 saturated carbocycles. The number of benzene rings is 1. The summed E-state index contributed by atoms with van der Waals surface area (Å²) in [4.78, 5) is 35.0. The molecule has 148 valence electrons. The molecule has 2 amide bonds. The Balaban J connectivity index is 1.97. The maximum absolute atomic E-state index is 13.0. The molecule has 27 heavy (non-hydrogen) atoms. The van der Waals surface area contributed by atoms with Crippen molar-refractivity contribution in [1.82, 2.24) is 4.90 Å². The van der Waals surface area contributed by atoms with E-state index in [-0.39, 0.29) is 12.3 Å². The van der Waals surface area contributed by atoms with E-state index in [4.69, 9.17) is 9.84 Å². The number of amides is 2. The summed E-state index contributed by atoms with van der Waals surface area (Å²) in [5.41, 5.74) is 0.271. The summed E-state index contributed by atoms with van der Waals surface area (Å²) in [7, 11) is 1.21. The van der Waals surface area contributed by atoms with Gasteiger partial charge in [-0.1, -0.05) is 0 Å². The van der Waals surface area contributed by atoms with E-state index in [0.717, 1.165) is 4.90 Å². The molecule has 1 aliphatic heterocycles. The van der Waals surface area contributed by atoms with Gasteiger partial charge in [-0.3, -0.25) is 4.79 Å². The molecular weight excluding hydrogens is 373 g/mol. The number of urea groups is 1. The second-order valence-electron chi connectivity index (χ2n) is 5.82. The molecule has 0 aliphatic carbocycles. The molecule has 0 spiro atoms. The quantitative estimate of drug-likeness (QED) is 0.745. The molecule has 0 bridgehead atoms. The van der Waals surface area contributed by atoms with Gasteiger partial charge in [0.25, 0.3) is 0 Å². The van der Waals surface area contributed by atoms with Gasteiger partial charge in [0.05, 0.1) is 18.9 Å². The summed E-state index contributed by atoms with van der Waals surface area (Å²) >= 11 is 0. The monoisotopic (exact) mass is 390 g/mol. The zero-order valence-corrected chi connectivity index (χ0v) is 14.2. The van der Waals surface area contributed by atoms with E-state index < -0.39 is 49.1 Å². The molecule has 2 rings (SSSR count). The number of carboxylic acid groups (broad SMARTS) is 1. The Hall–Kier alpha value is -2.98. The van der Waals surface area contributed by atoms with E-state index in [2.05, 4.69) is 10.1 Å². The number of carbonyl (C=O) groups is 3. The average molecular weight is 390 g/mol. The Labute approximate surface area is 151 Å². The highest BCUT2D eigenvalue weighted by Crippen LogP contribution is 2.37. The number of carboxylic acids is 1. The number of hydrogen-bond acceptors (Lipinski definition) is 5. The summed E-state index contributed by atoms with van der Waals surface area (Å²) < 4.78 is 48.4. The summed E-state index contributed by atoms with van der Waals surface area (Å²) in [5.74, 6) is -5.67. The third-order valence-electron chi connectivity index (χ3n) is 4.03. The van der Waals surface area contributed by atoms with Crippen LogP contribution >= 0.6 is 0 Å². The van der Waals surface area contributed by atoms with Crippen LogP contribution in [-0.2, 0) is 14.3 Å². The fourth-order valence-corrected chi connectivity index (χ4v) is 2.59. The molecule has 1 fully saturated rings. The SMILES string of the molecule is COC(=O)COc1ccc(NC(=O)N2C[C@@H](C(F)(F)F)[C@H](C(=O)O)C2)cc1. The molecule has 8 nitrogen and oxygen atoms in total. The number of nitrogens with one attached hydrogen (secondary N) is 1. The van der Waals surface area contributed by atoms with Crippen molar-refractivity contribution < 1.29 is 42.1 Å². The predicted octanol–water partition coefficient (Wildman–Crippen LogP) is 1.97. The number of likely N-dealkylation sites (tertiary alicyclic amines) is 1. The molecule has 2 atom stereocenters. The lowest BCUT2D eigenvalue weighted by Gasteiger charge is -2.18. The largest absolute Gasteiger partial charge is 0.482 e. The van der Waals surface area contributed by atoms with Crippen molar-refractivity contribution in [3.8, 4) is 5.75 Å². The van der Waals surface area contributed by atoms with Gasteiger partial charge in [-0.05, 0) is 24.3 Å². The number of nitrogens with zero attached hydrogens (tertiary/aromatic N) is 1. The third-order valence-corrected chi connectivity index (χ3v) is 4.03. The number of aliphatic carboxylic acids is 1. The van der Waals surface area contributed by atoms with E-state index in [1.165, 1.54) is 31.4 Å².